The van der Waals surface area contributed by atoms with Gasteiger partial charge in [-0.3, -0.25) is 14.5 Å². The van der Waals surface area contributed by atoms with E-state index in [-0.39, 0.29) is 30.1 Å². The Balaban J connectivity index is 1.76. The second-order valence-corrected chi connectivity index (χ2v) is 5.97. The summed E-state index contributed by atoms with van der Waals surface area (Å²) >= 11 is 0. The van der Waals surface area contributed by atoms with Crippen LogP contribution in [0.1, 0.15) is 20.3 Å². The maximum atomic E-state index is 12.8. The van der Waals surface area contributed by atoms with E-state index >= 15 is 0 Å². The quantitative estimate of drug-likeness (QED) is 0.902. The van der Waals surface area contributed by atoms with Crippen molar-refractivity contribution in [3.63, 3.8) is 0 Å². The van der Waals surface area contributed by atoms with Gasteiger partial charge in [0.2, 0.25) is 11.8 Å². The summed E-state index contributed by atoms with van der Waals surface area (Å²) < 4.78 is 12.8. The van der Waals surface area contributed by atoms with Crippen LogP contribution >= 0.6 is 0 Å². The van der Waals surface area contributed by atoms with E-state index in [9.17, 15) is 14.0 Å². The molecule has 1 aromatic rings. The van der Waals surface area contributed by atoms with Crippen LogP contribution in [0.2, 0.25) is 0 Å². The molecule has 1 N–H and O–H groups in total. The van der Waals surface area contributed by atoms with Crippen LogP contribution in [0, 0.1) is 11.7 Å². The van der Waals surface area contributed by atoms with E-state index < -0.39 is 0 Å². The largest absolute Gasteiger partial charge is 0.340 e. The maximum Gasteiger partial charge on any atom is 0.238 e. The van der Waals surface area contributed by atoms with Crippen molar-refractivity contribution in [1.82, 2.24) is 9.80 Å². The van der Waals surface area contributed by atoms with E-state index in [2.05, 4.69) is 5.32 Å². The molecule has 0 spiro atoms. The van der Waals surface area contributed by atoms with Gasteiger partial charge < -0.3 is 10.2 Å². The predicted octanol–water partition coefficient (Wildman–Crippen LogP) is 1.95. The first-order valence-corrected chi connectivity index (χ1v) is 8.06. The Morgan fingerprint density at radius 2 is 1.78 bits per heavy atom. The standard InChI is InChI=1S/C17H24FN3O2/c1-3-13(2)17(23)21-10-8-20(9-11-21)12-16(22)19-15-6-4-14(18)5-7-15/h4-7,13H,3,8-12H2,1-2H3,(H,19,22). The van der Waals surface area contributed by atoms with Crippen molar-refractivity contribution in [3.05, 3.63) is 30.1 Å². The molecule has 1 fully saturated rings. The third-order valence-electron chi connectivity index (χ3n) is 4.21. The van der Waals surface area contributed by atoms with E-state index in [1.807, 2.05) is 23.6 Å². The Morgan fingerprint density at radius 1 is 1.17 bits per heavy atom. The number of rotatable bonds is 5. The minimum atomic E-state index is -0.329. The number of nitrogens with one attached hydrogen (secondary N) is 1. The van der Waals surface area contributed by atoms with Crippen molar-refractivity contribution in [2.24, 2.45) is 5.92 Å². The molecular weight excluding hydrogens is 297 g/mol. The number of halogens is 1. The first-order chi connectivity index (χ1) is 11.0. The lowest BCUT2D eigenvalue weighted by molar-refractivity contribution is -0.136. The number of carbonyl (C=O) groups excluding carboxylic acids is 2. The summed E-state index contributed by atoms with van der Waals surface area (Å²) in [4.78, 5) is 28.0. The van der Waals surface area contributed by atoms with E-state index in [0.29, 0.717) is 31.9 Å². The van der Waals surface area contributed by atoms with Gasteiger partial charge in [-0.05, 0) is 30.7 Å². The Labute approximate surface area is 136 Å². The molecule has 1 atom stereocenters. The fraction of sp³-hybridized carbons (Fsp3) is 0.529. The van der Waals surface area contributed by atoms with Gasteiger partial charge in [-0.1, -0.05) is 13.8 Å². The second kappa shape index (κ2) is 8.06. The monoisotopic (exact) mass is 321 g/mol. The van der Waals surface area contributed by atoms with Crippen LogP contribution in [-0.2, 0) is 9.59 Å². The number of amides is 2. The summed E-state index contributed by atoms with van der Waals surface area (Å²) in [6.07, 6.45) is 0.846. The maximum absolute atomic E-state index is 12.8. The SMILES string of the molecule is CCC(C)C(=O)N1CCN(CC(=O)Nc2ccc(F)cc2)CC1. The van der Waals surface area contributed by atoms with Crippen molar-refractivity contribution >= 4 is 17.5 Å². The highest BCUT2D eigenvalue weighted by Crippen LogP contribution is 2.11. The van der Waals surface area contributed by atoms with Crippen molar-refractivity contribution < 1.29 is 14.0 Å². The minimum absolute atomic E-state index is 0.0586. The summed E-state index contributed by atoms with van der Waals surface area (Å²) in [7, 11) is 0. The number of anilines is 1. The molecule has 1 heterocycles. The van der Waals surface area contributed by atoms with Crippen molar-refractivity contribution in [2.45, 2.75) is 20.3 Å². The Hall–Kier alpha value is -1.95. The summed E-state index contributed by atoms with van der Waals surface area (Å²) in [5.41, 5.74) is 0.585. The van der Waals surface area contributed by atoms with Gasteiger partial charge in [0.05, 0.1) is 6.54 Å². The first-order valence-electron chi connectivity index (χ1n) is 8.06. The van der Waals surface area contributed by atoms with Gasteiger partial charge in [0, 0.05) is 37.8 Å². The number of nitrogens with zero attached hydrogens (tertiary/aromatic N) is 2. The lowest BCUT2D eigenvalue weighted by atomic mass is 10.1. The zero-order valence-corrected chi connectivity index (χ0v) is 13.7. The second-order valence-electron chi connectivity index (χ2n) is 5.97. The molecule has 23 heavy (non-hydrogen) atoms. The van der Waals surface area contributed by atoms with Crippen LogP contribution in [0.5, 0.6) is 0 Å². The zero-order valence-electron chi connectivity index (χ0n) is 13.7. The highest BCUT2D eigenvalue weighted by Gasteiger charge is 2.24. The summed E-state index contributed by atoms with van der Waals surface area (Å²) in [6, 6.07) is 5.70. The van der Waals surface area contributed by atoms with Crippen LogP contribution in [0.3, 0.4) is 0 Å². The molecule has 0 saturated carbocycles. The number of hydrogen-bond donors (Lipinski definition) is 1. The van der Waals surface area contributed by atoms with E-state index in [4.69, 9.17) is 0 Å². The van der Waals surface area contributed by atoms with Gasteiger partial charge >= 0.3 is 0 Å². The lowest BCUT2D eigenvalue weighted by Crippen LogP contribution is -2.51. The van der Waals surface area contributed by atoms with E-state index in [1.165, 1.54) is 24.3 Å². The molecule has 0 bridgehead atoms. The molecule has 0 radical (unpaired) electrons. The molecule has 126 valence electrons. The van der Waals surface area contributed by atoms with Gasteiger partial charge in [-0.15, -0.1) is 0 Å². The lowest BCUT2D eigenvalue weighted by Gasteiger charge is -2.35. The van der Waals surface area contributed by atoms with Gasteiger partial charge in [0.25, 0.3) is 0 Å². The highest BCUT2D eigenvalue weighted by molar-refractivity contribution is 5.92. The topological polar surface area (TPSA) is 52.7 Å². The average molecular weight is 321 g/mol. The van der Waals surface area contributed by atoms with Gasteiger partial charge in [0.1, 0.15) is 5.82 Å². The third kappa shape index (κ3) is 5.03. The van der Waals surface area contributed by atoms with Crippen LogP contribution < -0.4 is 5.32 Å². The molecule has 2 rings (SSSR count). The third-order valence-corrected chi connectivity index (χ3v) is 4.21. The normalized spacial score (nSPS) is 16.9. The molecule has 1 aliphatic heterocycles. The summed E-state index contributed by atoms with van der Waals surface area (Å²) in [5.74, 6) is -0.199. The Morgan fingerprint density at radius 3 is 2.35 bits per heavy atom. The number of hydrogen-bond acceptors (Lipinski definition) is 3. The van der Waals surface area contributed by atoms with Gasteiger partial charge in [0.15, 0.2) is 0 Å². The van der Waals surface area contributed by atoms with Crippen molar-refractivity contribution in [2.75, 3.05) is 38.0 Å². The minimum Gasteiger partial charge on any atom is -0.340 e. The predicted molar refractivity (Wildman–Crippen MR) is 87.5 cm³/mol. The van der Waals surface area contributed by atoms with Crippen LogP contribution in [-0.4, -0.2) is 54.3 Å². The zero-order chi connectivity index (χ0) is 16.8. The smallest absolute Gasteiger partial charge is 0.238 e. The van der Waals surface area contributed by atoms with Gasteiger partial charge in [-0.25, -0.2) is 4.39 Å². The Bertz CT molecular complexity index is 539. The molecule has 1 aromatic carbocycles. The molecule has 1 aliphatic rings. The Kier molecular flexibility index (Phi) is 6.10. The van der Waals surface area contributed by atoms with Crippen molar-refractivity contribution in [1.29, 1.82) is 0 Å². The van der Waals surface area contributed by atoms with E-state index in [1.54, 1.807) is 0 Å². The first kappa shape index (κ1) is 17.4. The number of carbonyl (C=O) groups is 2. The summed E-state index contributed by atoms with van der Waals surface area (Å²) in [5, 5.41) is 2.75. The van der Waals surface area contributed by atoms with Crippen LogP contribution in [0.15, 0.2) is 24.3 Å². The average Bonchev–Trinajstić information content (AvgIpc) is 2.56. The number of benzene rings is 1. The fourth-order valence-electron chi connectivity index (χ4n) is 2.55. The molecule has 1 saturated heterocycles. The molecular formula is C17H24FN3O2. The van der Waals surface area contributed by atoms with Crippen molar-refractivity contribution in [3.8, 4) is 0 Å². The summed E-state index contributed by atoms with van der Waals surface area (Å²) in [6.45, 7) is 6.95. The molecule has 0 aliphatic carbocycles. The van der Waals surface area contributed by atoms with Crippen LogP contribution in [0.25, 0.3) is 0 Å². The molecule has 0 aromatic heterocycles. The number of piperazine rings is 1. The molecule has 1 unspecified atom stereocenters. The molecule has 2 amide bonds. The van der Waals surface area contributed by atoms with Crippen LogP contribution in [0.4, 0.5) is 10.1 Å². The van der Waals surface area contributed by atoms with E-state index in [0.717, 1.165) is 6.42 Å². The highest BCUT2D eigenvalue weighted by atomic mass is 19.1. The molecule has 5 nitrogen and oxygen atoms in total. The van der Waals surface area contributed by atoms with Gasteiger partial charge in [-0.2, -0.15) is 0 Å². The fourth-order valence-corrected chi connectivity index (χ4v) is 2.55. The molecule has 6 heteroatoms.